The van der Waals surface area contributed by atoms with Crippen LogP contribution in [0.4, 0.5) is 5.82 Å². The molecule has 0 radical (unpaired) electrons. The van der Waals surface area contributed by atoms with Gasteiger partial charge in [-0.1, -0.05) is 13.0 Å². The maximum Gasteiger partial charge on any atom is 0.133 e. The second-order valence-corrected chi connectivity index (χ2v) is 4.75. The number of nitrogens with one attached hydrogen (secondary N) is 1. The molecule has 1 atom stereocenters. The lowest BCUT2D eigenvalue weighted by Gasteiger charge is -2.30. The quantitative estimate of drug-likeness (QED) is 0.696. The maximum absolute atomic E-state index is 5.26. The summed E-state index contributed by atoms with van der Waals surface area (Å²) in [6.45, 7) is 10.1. The fourth-order valence-electron chi connectivity index (χ4n) is 2.23. The number of hydrogen-bond acceptors (Lipinski definition) is 4. The number of aromatic nitrogens is 1. The van der Waals surface area contributed by atoms with Gasteiger partial charge in [0, 0.05) is 32.0 Å². The average Bonchev–Trinajstić information content (AvgIpc) is 2.42. The van der Waals surface area contributed by atoms with Crippen LogP contribution in [0.2, 0.25) is 0 Å². The summed E-state index contributed by atoms with van der Waals surface area (Å²) < 4.78 is 5.26. The van der Waals surface area contributed by atoms with Gasteiger partial charge in [0.2, 0.25) is 0 Å². The Morgan fingerprint density at radius 3 is 2.84 bits per heavy atom. The van der Waals surface area contributed by atoms with Crippen LogP contribution < -0.4 is 10.2 Å². The molecule has 4 heteroatoms. The third-order valence-electron chi connectivity index (χ3n) is 3.16. The van der Waals surface area contributed by atoms with E-state index in [0.717, 1.165) is 31.9 Å². The monoisotopic (exact) mass is 265 g/mol. The number of likely N-dealkylation sites (N-methyl/N-ethyl adjacent to an activating group) is 1. The summed E-state index contributed by atoms with van der Waals surface area (Å²) in [5, 5.41) is 3.44. The van der Waals surface area contributed by atoms with E-state index in [0.29, 0.717) is 12.6 Å². The first kappa shape index (κ1) is 15.9. The van der Waals surface area contributed by atoms with Gasteiger partial charge in [0.15, 0.2) is 0 Å². The van der Waals surface area contributed by atoms with E-state index in [4.69, 9.17) is 4.74 Å². The highest BCUT2D eigenvalue weighted by atomic mass is 16.5. The zero-order chi connectivity index (χ0) is 14.1. The molecular weight excluding hydrogens is 238 g/mol. The summed E-state index contributed by atoms with van der Waals surface area (Å²) in [5.41, 5.74) is 1.25. The Balaban J connectivity index is 2.83. The number of methoxy groups -OCH3 is 1. The fourth-order valence-corrected chi connectivity index (χ4v) is 2.23. The predicted molar refractivity (Wildman–Crippen MR) is 80.6 cm³/mol. The van der Waals surface area contributed by atoms with Gasteiger partial charge in [-0.3, -0.25) is 0 Å². The number of pyridine rings is 1. The Kier molecular flexibility index (Phi) is 7.45. The molecule has 0 aromatic carbocycles. The fraction of sp³-hybridized carbons (Fsp3) is 0.667. The average molecular weight is 265 g/mol. The molecule has 0 bridgehead atoms. The number of hydrogen-bond donors (Lipinski definition) is 1. The molecule has 0 saturated carbocycles. The van der Waals surface area contributed by atoms with Gasteiger partial charge in [-0.05, 0) is 32.9 Å². The molecule has 19 heavy (non-hydrogen) atoms. The molecule has 1 aromatic heterocycles. The largest absolute Gasteiger partial charge is 0.383 e. The summed E-state index contributed by atoms with van der Waals surface area (Å²) in [7, 11) is 1.74. The van der Waals surface area contributed by atoms with Crippen molar-refractivity contribution in [3.63, 3.8) is 0 Å². The minimum Gasteiger partial charge on any atom is -0.383 e. The molecule has 0 fully saturated rings. The Morgan fingerprint density at radius 1 is 1.42 bits per heavy atom. The van der Waals surface area contributed by atoms with Crippen LogP contribution in [0.3, 0.4) is 0 Å². The molecule has 1 N–H and O–H groups in total. The highest BCUT2D eigenvalue weighted by molar-refractivity contribution is 5.47. The lowest BCUT2D eigenvalue weighted by molar-refractivity contribution is 0.181. The maximum atomic E-state index is 5.26. The van der Waals surface area contributed by atoms with Gasteiger partial charge in [-0.25, -0.2) is 4.98 Å². The molecule has 1 heterocycles. The van der Waals surface area contributed by atoms with Crippen LogP contribution in [0, 0.1) is 0 Å². The van der Waals surface area contributed by atoms with Crippen LogP contribution in [-0.4, -0.2) is 37.8 Å². The molecule has 0 aliphatic carbocycles. The van der Waals surface area contributed by atoms with Crippen molar-refractivity contribution in [3.8, 4) is 0 Å². The van der Waals surface area contributed by atoms with Crippen molar-refractivity contribution >= 4 is 5.82 Å². The van der Waals surface area contributed by atoms with E-state index in [9.17, 15) is 0 Å². The molecule has 108 valence electrons. The molecule has 0 saturated heterocycles. The molecule has 0 amide bonds. The van der Waals surface area contributed by atoms with E-state index < -0.39 is 0 Å². The van der Waals surface area contributed by atoms with E-state index in [2.05, 4.69) is 42.0 Å². The standard InChI is InChI=1S/C15H27N3O/c1-5-9-16-11-14-8-7-10-17-15(14)18(6-2)13(3)12-19-4/h7-8,10,13,16H,5-6,9,11-12H2,1-4H3. The summed E-state index contributed by atoms with van der Waals surface area (Å²) in [6, 6.07) is 4.48. The summed E-state index contributed by atoms with van der Waals surface area (Å²) >= 11 is 0. The van der Waals surface area contributed by atoms with Crippen molar-refractivity contribution in [1.29, 1.82) is 0 Å². The normalized spacial score (nSPS) is 12.4. The van der Waals surface area contributed by atoms with Crippen molar-refractivity contribution in [2.24, 2.45) is 0 Å². The zero-order valence-electron chi connectivity index (χ0n) is 12.6. The Morgan fingerprint density at radius 2 is 2.21 bits per heavy atom. The number of anilines is 1. The van der Waals surface area contributed by atoms with E-state index in [-0.39, 0.29) is 0 Å². The highest BCUT2D eigenvalue weighted by Crippen LogP contribution is 2.19. The van der Waals surface area contributed by atoms with Crippen LogP contribution in [-0.2, 0) is 11.3 Å². The molecule has 0 aliphatic rings. The van der Waals surface area contributed by atoms with Gasteiger partial charge >= 0.3 is 0 Å². The summed E-state index contributed by atoms with van der Waals surface area (Å²) in [4.78, 5) is 6.86. The van der Waals surface area contributed by atoms with Crippen LogP contribution >= 0.6 is 0 Å². The van der Waals surface area contributed by atoms with Gasteiger partial charge in [-0.15, -0.1) is 0 Å². The van der Waals surface area contributed by atoms with Crippen molar-refractivity contribution in [3.05, 3.63) is 23.9 Å². The minimum absolute atomic E-state index is 0.329. The molecule has 0 aliphatic heterocycles. The van der Waals surface area contributed by atoms with Crippen LogP contribution in [0.15, 0.2) is 18.3 Å². The van der Waals surface area contributed by atoms with Gasteiger partial charge < -0.3 is 15.0 Å². The molecule has 1 aromatic rings. The minimum atomic E-state index is 0.329. The Bertz CT molecular complexity index is 357. The lowest BCUT2D eigenvalue weighted by Crippen LogP contribution is -2.37. The smallest absolute Gasteiger partial charge is 0.133 e. The molecule has 1 unspecified atom stereocenters. The predicted octanol–water partition coefficient (Wildman–Crippen LogP) is 2.44. The SMILES string of the molecule is CCCNCc1cccnc1N(CC)C(C)COC. The van der Waals surface area contributed by atoms with Crippen LogP contribution in [0.1, 0.15) is 32.8 Å². The van der Waals surface area contributed by atoms with Gasteiger partial charge in [0.1, 0.15) is 5.82 Å². The second-order valence-electron chi connectivity index (χ2n) is 4.75. The van der Waals surface area contributed by atoms with Crippen LogP contribution in [0.5, 0.6) is 0 Å². The Hall–Kier alpha value is -1.13. The van der Waals surface area contributed by atoms with Crippen molar-refractivity contribution in [2.45, 2.75) is 39.8 Å². The van der Waals surface area contributed by atoms with Gasteiger partial charge in [-0.2, -0.15) is 0 Å². The van der Waals surface area contributed by atoms with Gasteiger partial charge in [0.25, 0.3) is 0 Å². The zero-order valence-corrected chi connectivity index (χ0v) is 12.6. The van der Waals surface area contributed by atoms with E-state index in [1.165, 1.54) is 5.56 Å². The summed E-state index contributed by atoms with van der Waals surface area (Å²) in [5.74, 6) is 1.07. The third kappa shape index (κ3) is 4.80. The van der Waals surface area contributed by atoms with Crippen LogP contribution in [0.25, 0.3) is 0 Å². The van der Waals surface area contributed by atoms with E-state index >= 15 is 0 Å². The van der Waals surface area contributed by atoms with Crippen molar-refractivity contribution < 1.29 is 4.74 Å². The lowest BCUT2D eigenvalue weighted by atomic mass is 10.2. The number of rotatable bonds is 9. The van der Waals surface area contributed by atoms with E-state index in [1.807, 2.05) is 12.3 Å². The number of nitrogens with zero attached hydrogens (tertiary/aromatic N) is 2. The van der Waals surface area contributed by atoms with Crippen molar-refractivity contribution in [1.82, 2.24) is 10.3 Å². The second kappa shape index (κ2) is 8.88. The molecule has 0 spiro atoms. The first-order valence-corrected chi connectivity index (χ1v) is 7.14. The molecule has 1 rings (SSSR count). The van der Waals surface area contributed by atoms with Gasteiger partial charge in [0.05, 0.1) is 12.6 Å². The first-order valence-electron chi connectivity index (χ1n) is 7.14. The third-order valence-corrected chi connectivity index (χ3v) is 3.16. The first-order chi connectivity index (χ1) is 9.24. The molecular formula is C15H27N3O. The van der Waals surface area contributed by atoms with Crippen molar-refractivity contribution in [2.75, 3.05) is 31.7 Å². The Labute approximate surface area is 117 Å². The summed E-state index contributed by atoms with van der Waals surface area (Å²) in [6.07, 6.45) is 3.01. The topological polar surface area (TPSA) is 37.4 Å². The molecule has 4 nitrogen and oxygen atoms in total. The highest BCUT2D eigenvalue weighted by Gasteiger charge is 2.16. The van der Waals surface area contributed by atoms with E-state index in [1.54, 1.807) is 7.11 Å². The number of ether oxygens (including phenoxy) is 1.